The Morgan fingerprint density at radius 1 is 1.24 bits per heavy atom. The molecule has 0 saturated carbocycles. The molecule has 0 fully saturated rings. The molecule has 0 atom stereocenters. The minimum absolute atomic E-state index is 0.153. The van der Waals surface area contributed by atoms with Gasteiger partial charge in [-0.2, -0.15) is 4.98 Å². The zero-order chi connectivity index (χ0) is 15.0. The van der Waals surface area contributed by atoms with Gasteiger partial charge >= 0.3 is 0 Å². The number of phenolic OH excluding ortho intramolecular Hbond substituents is 1. The quantitative estimate of drug-likeness (QED) is 0.749. The van der Waals surface area contributed by atoms with Gasteiger partial charge in [0.15, 0.2) is 0 Å². The van der Waals surface area contributed by atoms with Crippen molar-refractivity contribution in [3.05, 3.63) is 52.3 Å². The lowest BCUT2D eigenvalue weighted by atomic mass is 10.1. The van der Waals surface area contributed by atoms with Crippen LogP contribution in [-0.2, 0) is 0 Å². The summed E-state index contributed by atoms with van der Waals surface area (Å²) < 4.78 is 19.2. The molecular formula is C15H10BrFN2O2. The largest absolute Gasteiger partial charge is 0.508 e. The SMILES string of the molecule is Cc1c(O)cccc1-c1nc(-c2cc(F)cc(Br)c2)no1. The Bertz CT molecular complexity index is 797. The molecule has 0 bridgehead atoms. The first kappa shape index (κ1) is 13.8. The fourth-order valence-corrected chi connectivity index (χ4v) is 2.45. The molecule has 2 aromatic carbocycles. The molecule has 21 heavy (non-hydrogen) atoms. The van der Waals surface area contributed by atoms with Crippen molar-refractivity contribution < 1.29 is 14.0 Å². The van der Waals surface area contributed by atoms with E-state index in [0.29, 0.717) is 21.2 Å². The molecule has 0 aliphatic carbocycles. The van der Waals surface area contributed by atoms with E-state index in [9.17, 15) is 9.50 Å². The van der Waals surface area contributed by atoms with Crippen LogP contribution in [0.5, 0.6) is 5.75 Å². The number of phenols is 1. The van der Waals surface area contributed by atoms with Gasteiger partial charge in [-0.15, -0.1) is 0 Å². The fraction of sp³-hybridized carbons (Fsp3) is 0.0667. The van der Waals surface area contributed by atoms with Crippen LogP contribution < -0.4 is 0 Å². The predicted octanol–water partition coefficient (Wildman–Crippen LogP) is 4.32. The summed E-state index contributed by atoms with van der Waals surface area (Å²) in [5, 5.41) is 13.6. The molecule has 106 valence electrons. The van der Waals surface area contributed by atoms with Crippen LogP contribution in [0.3, 0.4) is 0 Å². The maximum Gasteiger partial charge on any atom is 0.258 e. The second-order valence-electron chi connectivity index (χ2n) is 4.53. The summed E-state index contributed by atoms with van der Waals surface area (Å²) in [6.45, 7) is 1.76. The zero-order valence-corrected chi connectivity index (χ0v) is 12.6. The highest BCUT2D eigenvalue weighted by atomic mass is 79.9. The van der Waals surface area contributed by atoms with Gasteiger partial charge in [0.05, 0.1) is 0 Å². The average Bonchev–Trinajstić information content (AvgIpc) is 2.90. The monoisotopic (exact) mass is 348 g/mol. The van der Waals surface area contributed by atoms with Crippen molar-refractivity contribution in [2.24, 2.45) is 0 Å². The minimum Gasteiger partial charge on any atom is -0.508 e. The number of hydrogen-bond acceptors (Lipinski definition) is 4. The third kappa shape index (κ3) is 2.67. The van der Waals surface area contributed by atoms with Crippen molar-refractivity contribution in [3.63, 3.8) is 0 Å². The van der Waals surface area contributed by atoms with Crippen LogP contribution in [-0.4, -0.2) is 15.2 Å². The Kier molecular flexibility index (Phi) is 3.47. The van der Waals surface area contributed by atoms with Crippen molar-refractivity contribution in [2.45, 2.75) is 6.92 Å². The van der Waals surface area contributed by atoms with Crippen molar-refractivity contribution in [1.82, 2.24) is 10.1 Å². The Morgan fingerprint density at radius 3 is 2.81 bits per heavy atom. The molecule has 0 saturated heterocycles. The zero-order valence-electron chi connectivity index (χ0n) is 11.0. The van der Waals surface area contributed by atoms with Crippen molar-refractivity contribution in [3.8, 4) is 28.6 Å². The molecule has 0 spiro atoms. The van der Waals surface area contributed by atoms with E-state index in [-0.39, 0.29) is 23.3 Å². The van der Waals surface area contributed by atoms with E-state index in [1.54, 1.807) is 31.2 Å². The molecule has 6 heteroatoms. The van der Waals surface area contributed by atoms with Crippen LogP contribution in [0.4, 0.5) is 4.39 Å². The maximum atomic E-state index is 13.4. The molecule has 0 aliphatic rings. The smallest absolute Gasteiger partial charge is 0.258 e. The van der Waals surface area contributed by atoms with Gasteiger partial charge < -0.3 is 9.63 Å². The predicted molar refractivity (Wildman–Crippen MR) is 79.2 cm³/mol. The number of nitrogens with zero attached hydrogens (tertiary/aromatic N) is 2. The Hall–Kier alpha value is -2.21. The maximum absolute atomic E-state index is 13.4. The highest BCUT2D eigenvalue weighted by Gasteiger charge is 2.14. The molecule has 0 amide bonds. The van der Waals surface area contributed by atoms with E-state index in [0.717, 1.165) is 0 Å². The molecular weight excluding hydrogens is 339 g/mol. The summed E-state index contributed by atoms with van der Waals surface area (Å²) in [5.41, 5.74) is 1.80. The van der Waals surface area contributed by atoms with Crippen LogP contribution in [0.25, 0.3) is 22.8 Å². The second-order valence-corrected chi connectivity index (χ2v) is 5.45. The van der Waals surface area contributed by atoms with Crippen LogP contribution in [0.15, 0.2) is 45.4 Å². The number of aromatic nitrogens is 2. The third-order valence-corrected chi connectivity index (χ3v) is 3.54. The molecule has 3 rings (SSSR count). The van der Waals surface area contributed by atoms with Gasteiger partial charge in [0.25, 0.3) is 5.89 Å². The van der Waals surface area contributed by atoms with Gasteiger partial charge in [0, 0.05) is 21.2 Å². The van der Waals surface area contributed by atoms with Crippen molar-refractivity contribution >= 4 is 15.9 Å². The first-order valence-electron chi connectivity index (χ1n) is 6.14. The number of aromatic hydroxyl groups is 1. The molecule has 1 aromatic heterocycles. The lowest BCUT2D eigenvalue weighted by Crippen LogP contribution is -1.86. The van der Waals surface area contributed by atoms with E-state index < -0.39 is 0 Å². The average molecular weight is 349 g/mol. The Labute approximate surface area is 128 Å². The highest BCUT2D eigenvalue weighted by molar-refractivity contribution is 9.10. The normalized spacial score (nSPS) is 10.8. The van der Waals surface area contributed by atoms with Gasteiger partial charge in [-0.05, 0) is 37.3 Å². The minimum atomic E-state index is -0.390. The van der Waals surface area contributed by atoms with Gasteiger partial charge in [0.1, 0.15) is 11.6 Å². The van der Waals surface area contributed by atoms with E-state index in [2.05, 4.69) is 26.1 Å². The molecule has 0 aliphatic heterocycles. The summed E-state index contributed by atoms with van der Waals surface area (Å²) in [4.78, 5) is 4.26. The highest BCUT2D eigenvalue weighted by Crippen LogP contribution is 2.30. The first-order valence-corrected chi connectivity index (χ1v) is 6.93. The molecule has 1 heterocycles. The van der Waals surface area contributed by atoms with Gasteiger partial charge in [0.2, 0.25) is 5.82 Å². The second kappa shape index (κ2) is 5.29. The Morgan fingerprint density at radius 2 is 2.05 bits per heavy atom. The summed E-state index contributed by atoms with van der Waals surface area (Å²) in [6, 6.07) is 9.43. The Balaban J connectivity index is 2.06. The molecule has 0 radical (unpaired) electrons. The van der Waals surface area contributed by atoms with Gasteiger partial charge in [-0.1, -0.05) is 27.2 Å². The number of rotatable bonds is 2. The van der Waals surface area contributed by atoms with E-state index in [4.69, 9.17) is 4.52 Å². The van der Waals surface area contributed by atoms with Crippen molar-refractivity contribution in [2.75, 3.05) is 0 Å². The van der Waals surface area contributed by atoms with Gasteiger partial charge in [-0.25, -0.2) is 4.39 Å². The van der Waals surface area contributed by atoms with E-state index in [1.807, 2.05) is 0 Å². The van der Waals surface area contributed by atoms with Crippen LogP contribution in [0.2, 0.25) is 0 Å². The lowest BCUT2D eigenvalue weighted by molar-refractivity contribution is 0.430. The number of benzene rings is 2. The standard InChI is InChI=1S/C15H10BrFN2O2/c1-8-12(3-2-4-13(8)20)15-18-14(19-21-15)9-5-10(16)7-11(17)6-9/h2-7,20H,1H3. The van der Waals surface area contributed by atoms with Crippen LogP contribution in [0.1, 0.15) is 5.56 Å². The number of halogens is 2. The van der Waals surface area contributed by atoms with E-state index in [1.165, 1.54) is 12.1 Å². The molecule has 0 unspecified atom stereocenters. The fourth-order valence-electron chi connectivity index (χ4n) is 1.99. The topological polar surface area (TPSA) is 59.2 Å². The summed E-state index contributed by atoms with van der Waals surface area (Å²) in [7, 11) is 0. The molecule has 3 aromatic rings. The first-order chi connectivity index (χ1) is 10.0. The van der Waals surface area contributed by atoms with Crippen molar-refractivity contribution in [1.29, 1.82) is 0 Å². The number of hydrogen-bond donors (Lipinski definition) is 1. The summed E-state index contributed by atoms with van der Waals surface area (Å²) in [6.07, 6.45) is 0. The molecule has 4 nitrogen and oxygen atoms in total. The lowest BCUT2D eigenvalue weighted by Gasteiger charge is -2.02. The molecule has 1 N–H and O–H groups in total. The van der Waals surface area contributed by atoms with Gasteiger partial charge in [-0.3, -0.25) is 0 Å². The van der Waals surface area contributed by atoms with Crippen LogP contribution in [0, 0.1) is 12.7 Å². The summed E-state index contributed by atoms with van der Waals surface area (Å²) >= 11 is 3.22. The van der Waals surface area contributed by atoms with Crippen LogP contribution >= 0.6 is 15.9 Å². The third-order valence-electron chi connectivity index (χ3n) is 3.08. The van der Waals surface area contributed by atoms with E-state index >= 15 is 0 Å². The summed E-state index contributed by atoms with van der Waals surface area (Å²) in [5.74, 6) is 0.326.